The van der Waals surface area contributed by atoms with Gasteiger partial charge >= 0.3 is 0 Å². The number of aliphatic hydroxyl groups is 1. The Hall–Kier alpha value is -1.93. The number of ketones is 1. The van der Waals surface area contributed by atoms with Gasteiger partial charge in [-0.3, -0.25) is 4.79 Å². The summed E-state index contributed by atoms with van der Waals surface area (Å²) in [6.07, 6.45) is 7.54. The first-order valence-electron chi connectivity index (χ1n) is 6.23. The average molecular weight is 256 g/mol. The Bertz CT molecular complexity index is 511. The van der Waals surface area contributed by atoms with Crippen molar-refractivity contribution in [2.24, 2.45) is 0 Å². The quantitative estimate of drug-likeness (QED) is 0.643. The normalized spacial score (nSPS) is 12.7. The molecule has 0 aromatic heterocycles. The molecule has 19 heavy (non-hydrogen) atoms. The standard InChI is InChI=1S/C17H20O2/c1-5-7-8-13(6-2)14-9-11-15(12-10-14)16(18)17(3,4)19/h5-12,19H,1H2,2-4H3/b8-7-,13-6+. The Morgan fingerprint density at radius 2 is 1.74 bits per heavy atom. The van der Waals surface area contributed by atoms with E-state index in [1.807, 2.05) is 37.3 Å². The molecule has 1 rings (SSSR count). The number of benzene rings is 1. The van der Waals surface area contributed by atoms with E-state index < -0.39 is 5.60 Å². The topological polar surface area (TPSA) is 37.3 Å². The van der Waals surface area contributed by atoms with Crippen molar-refractivity contribution in [1.82, 2.24) is 0 Å². The molecule has 0 amide bonds. The molecule has 0 saturated carbocycles. The van der Waals surface area contributed by atoms with Gasteiger partial charge in [0.2, 0.25) is 0 Å². The van der Waals surface area contributed by atoms with Crippen LogP contribution in [-0.2, 0) is 0 Å². The first-order valence-corrected chi connectivity index (χ1v) is 6.23. The van der Waals surface area contributed by atoms with Gasteiger partial charge in [-0.05, 0) is 31.9 Å². The van der Waals surface area contributed by atoms with Crippen LogP contribution in [0.15, 0.2) is 55.1 Å². The molecule has 1 aromatic rings. The van der Waals surface area contributed by atoms with Gasteiger partial charge in [-0.25, -0.2) is 0 Å². The molecular weight excluding hydrogens is 236 g/mol. The molecule has 0 unspecified atom stereocenters. The highest BCUT2D eigenvalue weighted by Crippen LogP contribution is 2.19. The average Bonchev–Trinajstić information content (AvgIpc) is 2.38. The summed E-state index contributed by atoms with van der Waals surface area (Å²) in [5, 5.41) is 9.70. The van der Waals surface area contributed by atoms with E-state index in [0.717, 1.165) is 11.1 Å². The van der Waals surface area contributed by atoms with Crippen LogP contribution in [0.5, 0.6) is 0 Å². The predicted molar refractivity (Wildman–Crippen MR) is 80.1 cm³/mol. The summed E-state index contributed by atoms with van der Waals surface area (Å²) >= 11 is 0. The number of rotatable bonds is 5. The number of carbonyl (C=O) groups is 1. The monoisotopic (exact) mass is 256 g/mol. The van der Waals surface area contributed by atoms with Gasteiger partial charge in [0.05, 0.1) is 0 Å². The van der Waals surface area contributed by atoms with E-state index in [2.05, 4.69) is 6.58 Å². The zero-order valence-electron chi connectivity index (χ0n) is 11.7. The lowest BCUT2D eigenvalue weighted by atomic mass is 9.95. The molecule has 0 aliphatic rings. The Kier molecular flexibility index (Phi) is 5.02. The van der Waals surface area contributed by atoms with E-state index in [1.54, 1.807) is 18.2 Å². The number of allylic oxidation sites excluding steroid dienone is 5. The molecular formula is C17H20O2. The van der Waals surface area contributed by atoms with Crippen molar-refractivity contribution < 1.29 is 9.90 Å². The lowest BCUT2D eigenvalue weighted by Crippen LogP contribution is -2.30. The Morgan fingerprint density at radius 1 is 1.21 bits per heavy atom. The van der Waals surface area contributed by atoms with Crippen molar-refractivity contribution in [3.8, 4) is 0 Å². The second-order valence-corrected chi connectivity index (χ2v) is 4.80. The third kappa shape index (κ3) is 4.04. The van der Waals surface area contributed by atoms with Crippen molar-refractivity contribution in [1.29, 1.82) is 0 Å². The molecule has 1 N–H and O–H groups in total. The molecule has 2 nitrogen and oxygen atoms in total. The number of Topliss-reactive ketones (excluding diaryl/α,β-unsaturated/α-hetero) is 1. The highest BCUT2D eigenvalue weighted by atomic mass is 16.3. The van der Waals surface area contributed by atoms with Crippen molar-refractivity contribution in [3.05, 3.63) is 66.3 Å². The summed E-state index contributed by atoms with van der Waals surface area (Å²) in [6.45, 7) is 8.58. The van der Waals surface area contributed by atoms with Crippen LogP contribution < -0.4 is 0 Å². The summed E-state index contributed by atoms with van der Waals surface area (Å²) in [6, 6.07) is 7.23. The maximum atomic E-state index is 11.9. The lowest BCUT2D eigenvalue weighted by molar-refractivity contribution is 0.0488. The van der Waals surface area contributed by atoms with Crippen LogP contribution in [0, 0.1) is 0 Å². The minimum absolute atomic E-state index is 0.275. The van der Waals surface area contributed by atoms with Gasteiger partial charge < -0.3 is 5.11 Å². The van der Waals surface area contributed by atoms with Crippen molar-refractivity contribution in [2.75, 3.05) is 0 Å². The molecule has 0 saturated heterocycles. The number of hydrogen-bond acceptors (Lipinski definition) is 2. The molecule has 0 bridgehead atoms. The van der Waals surface area contributed by atoms with Crippen molar-refractivity contribution in [2.45, 2.75) is 26.4 Å². The zero-order chi connectivity index (χ0) is 14.5. The molecule has 0 fully saturated rings. The molecule has 0 atom stereocenters. The fourth-order valence-corrected chi connectivity index (χ4v) is 1.70. The van der Waals surface area contributed by atoms with Gasteiger partial charge in [-0.1, -0.05) is 55.1 Å². The minimum Gasteiger partial charge on any atom is -0.382 e. The van der Waals surface area contributed by atoms with Crippen LogP contribution in [0.1, 0.15) is 36.7 Å². The van der Waals surface area contributed by atoms with E-state index in [1.165, 1.54) is 13.8 Å². The van der Waals surface area contributed by atoms with Gasteiger partial charge in [0.25, 0.3) is 0 Å². The second kappa shape index (κ2) is 6.30. The lowest BCUT2D eigenvalue weighted by Gasteiger charge is -2.15. The van der Waals surface area contributed by atoms with E-state index in [-0.39, 0.29) is 5.78 Å². The third-order valence-electron chi connectivity index (χ3n) is 2.76. The highest BCUT2D eigenvalue weighted by Gasteiger charge is 2.24. The summed E-state index contributed by atoms with van der Waals surface area (Å²) in [5.41, 5.74) is 1.25. The molecule has 2 heteroatoms. The molecule has 0 spiro atoms. The Balaban J connectivity index is 3.03. The maximum Gasteiger partial charge on any atom is 0.193 e. The van der Waals surface area contributed by atoms with Gasteiger partial charge in [0, 0.05) is 5.56 Å². The minimum atomic E-state index is -1.34. The predicted octanol–water partition coefficient (Wildman–Crippen LogP) is 3.79. The van der Waals surface area contributed by atoms with Gasteiger partial charge in [0.15, 0.2) is 5.78 Å². The Morgan fingerprint density at radius 3 is 2.16 bits per heavy atom. The fourth-order valence-electron chi connectivity index (χ4n) is 1.70. The second-order valence-electron chi connectivity index (χ2n) is 4.80. The third-order valence-corrected chi connectivity index (χ3v) is 2.76. The summed E-state index contributed by atoms with van der Waals surface area (Å²) in [5.74, 6) is -0.275. The summed E-state index contributed by atoms with van der Waals surface area (Å²) < 4.78 is 0. The maximum absolute atomic E-state index is 11.9. The number of carbonyl (C=O) groups excluding carboxylic acids is 1. The van der Waals surface area contributed by atoms with Crippen LogP contribution in [0.2, 0.25) is 0 Å². The van der Waals surface area contributed by atoms with E-state index in [4.69, 9.17) is 0 Å². The molecule has 0 aliphatic carbocycles. The fraction of sp³-hybridized carbons (Fsp3) is 0.235. The first-order chi connectivity index (χ1) is 8.90. The zero-order valence-corrected chi connectivity index (χ0v) is 11.7. The van der Waals surface area contributed by atoms with Crippen LogP contribution in [0.3, 0.4) is 0 Å². The molecule has 100 valence electrons. The molecule has 1 aromatic carbocycles. The smallest absolute Gasteiger partial charge is 0.193 e. The van der Waals surface area contributed by atoms with Gasteiger partial charge in [-0.15, -0.1) is 0 Å². The van der Waals surface area contributed by atoms with Crippen molar-refractivity contribution in [3.63, 3.8) is 0 Å². The summed E-state index contributed by atoms with van der Waals surface area (Å²) in [7, 11) is 0. The summed E-state index contributed by atoms with van der Waals surface area (Å²) in [4.78, 5) is 11.9. The number of hydrogen-bond donors (Lipinski definition) is 1. The Labute approximate surface area is 114 Å². The van der Waals surface area contributed by atoms with Gasteiger partial charge in [-0.2, -0.15) is 0 Å². The molecule has 0 radical (unpaired) electrons. The van der Waals surface area contributed by atoms with Crippen LogP contribution in [-0.4, -0.2) is 16.5 Å². The van der Waals surface area contributed by atoms with E-state index >= 15 is 0 Å². The highest BCUT2D eigenvalue weighted by molar-refractivity contribution is 6.02. The van der Waals surface area contributed by atoms with Crippen molar-refractivity contribution >= 4 is 11.4 Å². The molecule has 0 aliphatic heterocycles. The van der Waals surface area contributed by atoms with Crippen LogP contribution >= 0.6 is 0 Å². The van der Waals surface area contributed by atoms with Crippen LogP contribution in [0.4, 0.5) is 0 Å². The van der Waals surface area contributed by atoms with E-state index in [9.17, 15) is 9.90 Å². The van der Waals surface area contributed by atoms with E-state index in [0.29, 0.717) is 5.56 Å². The SMILES string of the molecule is C=C/C=C\C(=C/C)c1ccc(C(=O)C(C)(C)O)cc1. The molecule has 0 heterocycles. The first kappa shape index (κ1) is 15.1. The van der Waals surface area contributed by atoms with Crippen LogP contribution in [0.25, 0.3) is 5.57 Å². The van der Waals surface area contributed by atoms with Gasteiger partial charge in [0.1, 0.15) is 5.60 Å². The largest absolute Gasteiger partial charge is 0.382 e.